The molecule has 0 saturated heterocycles. The van der Waals surface area contributed by atoms with Gasteiger partial charge in [0.15, 0.2) is 0 Å². The summed E-state index contributed by atoms with van der Waals surface area (Å²) < 4.78 is 25.0. The molecule has 0 aromatic heterocycles. The zero-order valence-electron chi connectivity index (χ0n) is 9.60. The van der Waals surface area contributed by atoms with E-state index >= 15 is 0 Å². The maximum absolute atomic E-state index is 11.3. The predicted octanol–water partition coefficient (Wildman–Crippen LogP) is 1.18. The summed E-state index contributed by atoms with van der Waals surface area (Å²) in [4.78, 5) is 0. The number of rotatable bonds is 4. The molecule has 5 heteroatoms. The van der Waals surface area contributed by atoms with Crippen LogP contribution in [0, 0.1) is 11.8 Å². The summed E-state index contributed by atoms with van der Waals surface area (Å²) in [5.41, 5.74) is 1.32. The van der Waals surface area contributed by atoms with Crippen molar-refractivity contribution in [2.24, 2.45) is 0 Å². The molecule has 4 nitrogen and oxygen atoms in total. The number of benzene rings is 1. The second kappa shape index (κ2) is 6.28. The lowest BCUT2D eigenvalue weighted by Crippen LogP contribution is -2.14. The van der Waals surface area contributed by atoms with Gasteiger partial charge in [-0.2, -0.15) is 0 Å². The average Bonchev–Trinajstić information content (AvgIpc) is 2.31. The molecule has 0 heterocycles. The summed E-state index contributed by atoms with van der Waals surface area (Å²) >= 11 is 0. The van der Waals surface area contributed by atoms with E-state index < -0.39 is 10.0 Å². The van der Waals surface area contributed by atoms with Crippen LogP contribution in [0.4, 0.5) is 5.69 Å². The minimum Gasteiger partial charge on any atom is -0.395 e. The van der Waals surface area contributed by atoms with E-state index in [9.17, 15) is 8.42 Å². The van der Waals surface area contributed by atoms with E-state index in [4.69, 9.17) is 5.11 Å². The number of anilines is 1. The largest absolute Gasteiger partial charge is 0.395 e. The summed E-state index contributed by atoms with van der Waals surface area (Å²) in [5.74, 6) is 5.70. The van der Waals surface area contributed by atoms with E-state index in [1.54, 1.807) is 31.2 Å². The smallest absolute Gasteiger partial charge is 0.232 e. The highest BCUT2D eigenvalue weighted by molar-refractivity contribution is 7.92. The Morgan fingerprint density at radius 1 is 1.29 bits per heavy atom. The quantitative estimate of drug-likeness (QED) is 0.792. The lowest BCUT2D eigenvalue weighted by Gasteiger charge is -2.05. The van der Waals surface area contributed by atoms with Crippen molar-refractivity contribution < 1.29 is 13.5 Å². The highest BCUT2D eigenvalue weighted by Crippen LogP contribution is 2.10. The molecule has 92 valence electrons. The van der Waals surface area contributed by atoms with Crippen molar-refractivity contribution in [3.05, 3.63) is 29.8 Å². The Balaban J connectivity index is 2.73. The zero-order chi connectivity index (χ0) is 12.7. The first-order valence-electron chi connectivity index (χ1n) is 5.27. The third-order valence-corrected chi connectivity index (χ3v) is 3.31. The molecule has 0 spiro atoms. The molecule has 2 N–H and O–H groups in total. The van der Waals surface area contributed by atoms with Gasteiger partial charge >= 0.3 is 0 Å². The minimum absolute atomic E-state index is 0.0430. The topological polar surface area (TPSA) is 66.4 Å². The summed E-state index contributed by atoms with van der Waals surface area (Å²) in [5, 5.41) is 8.56. The zero-order valence-corrected chi connectivity index (χ0v) is 10.4. The van der Waals surface area contributed by atoms with Crippen LogP contribution >= 0.6 is 0 Å². The van der Waals surface area contributed by atoms with E-state index in [1.807, 2.05) is 0 Å². The van der Waals surface area contributed by atoms with E-state index in [0.717, 1.165) is 5.56 Å². The van der Waals surface area contributed by atoms with Crippen LogP contribution in [0.15, 0.2) is 24.3 Å². The van der Waals surface area contributed by atoms with Crippen molar-refractivity contribution in [2.75, 3.05) is 17.1 Å². The Morgan fingerprint density at radius 3 is 2.47 bits per heavy atom. The third-order valence-electron chi connectivity index (χ3n) is 2.01. The molecule has 0 saturated carbocycles. The fourth-order valence-electron chi connectivity index (χ4n) is 1.09. The third kappa shape index (κ3) is 4.89. The molecule has 1 rings (SSSR count). The molecule has 1 aromatic rings. The fourth-order valence-corrected chi connectivity index (χ4v) is 1.73. The molecule has 0 unspecified atom stereocenters. The Bertz CT molecular complexity index is 509. The highest BCUT2D eigenvalue weighted by atomic mass is 32.2. The van der Waals surface area contributed by atoms with Crippen LogP contribution in [-0.4, -0.2) is 25.9 Å². The van der Waals surface area contributed by atoms with Crippen LogP contribution in [0.5, 0.6) is 0 Å². The van der Waals surface area contributed by atoms with Gasteiger partial charge in [0.05, 0.1) is 12.4 Å². The molecule has 1 aromatic carbocycles. The van der Waals surface area contributed by atoms with Crippen LogP contribution < -0.4 is 4.72 Å². The standard InChI is InChI=1S/C12H15NO3S/c1-2-17(15,16)13-12-8-6-11(7-9-12)5-3-4-10-14/h6-9,13-14H,2,4,10H2,1H3. The molecule has 0 aliphatic rings. The summed E-state index contributed by atoms with van der Waals surface area (Å²) in [6.45, 7) is 1.62. The molecule has 0 aliphatic carbocycles. The van der Waals surface area contributed by atoms with Gasteiger partial charge in [-0.3, -0.25) is 4.72 Å². The van der Waals surface area contributed by atoms with Gasteiger partial charge in [0.2, 0.25) is 10.0 Å². The van der Waals surface area contributed by atoms with Crippen LogP contribution in [0.2, 0.25) is 0 Å². The second-order valence-corrected chi connectivity index (χ2v) is 5.37. The minimum atomic E-state index is -3.23. The molecule has 0 radical (unpaired) electrons. The van der Waals surface area contributed by atoms with Gasteiger partial charge in [0.25, 0.3) is 0 Å². The monoisotopic (exact) mass is 253 g/mol. The first kappa shape index (κ1) is 13.6. The van der Waals surface area contributed by atoms with Crippen LogP contribution in [0.3, 0.4) is 0 Å². The van der Waals surface area contributed by atoms with Crippen molar-refractivity contribution in [1.82, 2.24) is 0 Å². The van der Waals surface area contributed by atoms with Gasteiger partial charge in [0.1, 0.15) is 0 Å². The maximum Gasteiger partial charge on any atom is 0.232 e. The number of aliphatic hydroxyl groups is 1. The summed E-state index contributed by atoms with van der Waals surface area (Å²) in [7, 11) is -3.23. The van der Waals surface area contributed by atoms with Crippen molar-refractivity contribution in [2.45, 2.75) is 13.3 Å². The molecule has 0 amide bonds. The lowest BCUT2D eigenvalue weighted by molar-refractivity contribution is 0.305. The molecular formula is C12H15NO3S. The van der Waals surface area contributed by atoms with E-state index in [1.165, 1.54) is 0 Å². The lowest BCUT2D eigenvalue weighted by atomic mass is 10.2. The number of nitrogens with one attached hydrogen (secondary N) is 1. The Morgan fingerprint density at radius 2 is 1.94 bits per heavy atom. The SMILES string of the molecule is CCS(=O)(=O)Nc1ccc(C#CCCO)cc1. The van der Waals surface area contributed by atoms with Gasteiger partial charge in [-0.1, -0.05) is 11.8 Å². The molecule has 0 fully saturated rings. The van der Waals surface area contributed by atoms with E-state index in [0.29, 0.717) is 12.1 Å². The van der Waals surface area contributed by atoms with E-state index in [-0.39, 0.29) is 12.4 Å². The first-order chi connectivity index (χ1) is 8.07. The number of hydrogen-bond donors (Lipinski definition) is 2. The summed E-state index contributed by atoms with van der Waals surface area (Å²) in [6.07, 6.45) is 0.435. The van der Waals surface area contributed by atoms with E-state index in [2.05, 4.69) is 16.6 Å². The van der Waals surface area contributed by atoms with Gasteiger partial charge < -0.3 is 5.11 Å². The van der Waals surface area contributed by atoms with Crippen molar-refractivity contribution >= 4 is 15.7 Å². The first-order valence-corrected chi connectivity index (χ1v) is 6.93. The maximum atomic E-state index is 11.3. The normalized spacial score (nSPS) is 10.5. The highest BCUT2D eigenvalue weighted by Gasteiger charge is 2.05. The molecule has 0 aliphatic heterocycles. The van der Waals surface area contributed by atoms with Gasteiger partial charge in [0, 0.05) is 17.7 Å². The Labute approximate surface area is 102 Å². The Hall–Kier alpha value is -1.51. The number of aliphatic hydroxyl groups excluding tert-OH is 1. The van der Waals surface area contributed by atoms with Crippen LogP contribution in [0.1, 0.15) is 18.9 Å². The fraction of sp³-hybridized carbons (Fsp3) is 0.333. The average molecular weight is 253 g/mol. The molecule has 0 bridgehead atoms. The predicted molar refractivity (Wildman–Crippen MR) is 68.1 cm³/mol. The summed E-state index contributed by atoms with van der Waals surface area (Å²) in [6, 6.07) is 6.79. The number of hydrogen-bond acceptors (Lipinski definition) is 3. The van der Waals surface area contributed by atoms with Gasteiger partial charge in [-0.05, 0) is 31.2 Å². The van der Waals surface area contributed by atoms with Crippen molar-refractivity contribution in [3.63, 3.8) is 0 Å². The van der Waals surface area contributed by atoms with Crippen LogP contribution in [-0.2, 0) is 10.0 Å². The van der Waals surface area contributed by atoms with Gasteiger partial charge in [-0.25, -0.2) is 8.42 Å². The van der Waals surface area contributed by atoms with Crippen molar-refractivity contribution in [3.8, 4) is 11.8 Å². The Kier molecular flexibility index (Phi) is 5.01. The second-order valence-electron chi connectivity index (χ2n) is 3.36. The molecule has 0 atom stereocenters. The van der Waals surface area contributed by atoms with Crippen molar-refractivity contribution in [1.29, 1.82) is 0 Å². The molecular weight excluding hydrogens is 238 g/mol. The molecule has 17 heavy (non-hydrogen) atoms. The van der Waals surface area contributed by atoms with Crippen LogP contribution in [0.25, 0.3) is 0 Å². The van der Waals surface area contributed by atoms with Gasteiger partial charge in [-0.15, -0.1) is 0 Å². The number of sulfonamides is 1.